The average Bonchev–Trinajstić information content (AvgIpc) is 2.97. The van der Waals surface area contributed by atoms with E-state index in [-0.39, 0.29) is 11.5 Å². The van der Waals surface area contributed by atoms with Crippen molar-refractivity contribution in [2.24, 2.45) is 5.10 Å². The van der Waals surface area contributed by atoms with E-state index in [0.717, 1.165) is 16.9 Å². The van der Waals surface area contributed by atoms with Crippen molar-refractivity contribution in [3.63, 3.8) is 0 Å². The number of carbonyl (C=O) groups is 1. The summed E-state index contributed by atoms with van der Waals surface area (Å²) >= 11 is 0. The molecule has 1 aromatic carbocycles. The van der Waals surface area contributed by atoms with Crippen LogP contribution in [-0.4, -0.2) is 34.1 Å². The van der Waals surface area contributed by atoms with Crippen LogP contribution in [0.2, 0.25) is 0 Å². The summed E-state index contributed by atoms with van der Waals surface area (Å²) in [5.41, 5.74) is 1.34. The first-order valence-corrected chi connectivity index (χ1v) is 6.60. The molecule has 0 aliphatic carbocycles. The van der Waals surface area contributed by atoms with Crippen LogP contribution in [-0.2, 0) is 17.5 Å². The number of hydrogen-bond acceptors (Lipinski definition) is 5. The second-order valence-electron chi connectivity index (χ2n) is 4.59. The highest BCUT2D eigenvalue weighted by molar-refractivity contribution is 5.86. The molecular weight excluding hydrogens is 329 g/mol. The van der Waals surface area contributed by atoms with Crippen LogP contribution in [0.3, 0.4) is 0 Å². The van der Waals surface area contributed by atoms with Crippen molar-refractivity contribution < 1.29 is 27.8 Å². The summed E-state index contributed by atoms with van der Waals surface area (Å²) in [7, 11) is 1.39. The van der Waals surface area contributed by atoms with Gasteiger partial charge in [-0.15, -0.1) is 0 Å². The topological polar surface area (TPSA) is 88.7 Å². The number of nitrogens with one attached hydrogen (secondary N) is 1. The fraction of sp³-hybridized carbons (Fsp3) is 0.214. The van der Waals surface area contributed by atoms with Gasteiger partial charge in [0.2, 0.25) is 0 Å². The summed E-state index contributed by atoms with van der Waals surface area (Å²) in [6.07, 6.45) is -2.34. The first-order chi connectivity index (χ1) is 11.3. The van der Waals surface area contributed by atoms with Gasteiger partial charge in [0.05, 0.1) is 13.3 Å². The molecule has 2 aromatic rings. The van der Waals surface area contributed by atoms with Crippen molar-refractivity contribution in [3.05, 3.63) is 41.7 Å². The number of phenolic OH excluding ortho intramolecular Hbond substituents is 1. The second-order valence-corrected chi connectivity index (χ2v) is 4.59. The molecular formula is C14H13F3N4O3. The number of nitrogens with zero attached hydrogens (tertiary/aromatic N) is 3. The van der Waals surface area contributed by atoms with Crippen LogP contribution in [0.1, 0.15) is 11.3 Å². The fourth-order valence-corrected chi connectivity index (χ4v) is 1.77. The summed E-state index contributed by atoms with van der Waals surface area (Å²) < 4.78 is 42.9. The smallest absolute Gasteiger partial charge is 0.435 e. The van der Waals surface area contributed by atoms with Crippen LogP contribution < -0.4 is 10.2 Å². The largest absolute Gasteiger partial charge is 0.504 e. The summed E-state index contributed by atoms with van der Waals surface area (Å²) in [6, 6.07) is 5.47. The third-order valence-corrected chi connectivity index (χ3v) is 2.88. The molecule has 1 heterocycles. The molecule has 1 aromatic heterocycles. The van der Waals surface area contributed by atoms with Gasteiger partial charge in [-0.25, -0.2) is 5.43 Å². The van der Waals surface area contributed by atoms with Crippen LogP contribution in [0.15, 0.2) is 35.6 Å². The first kappa shape index (κ1) is 17.3. The standard InChI is InChI=1S/C14H13F3N4O3/c1-24-10-4-2-3-9(13(10)23)7-18-19-12(22)8-21-6-5-11(20-21)14(15,16)17/h2-7,23H,8H2,1H3,(H,19,22). The third kappa shape index (κ3) is 4.24. The molecule has 1 amide bonds. The molecule has 10 heteroatoms. The zero-order chi connectivity index (χ0) is 17.7. The number of methoxy groups -OCH3 is 1. The fourth-order valence-electron chi connectivity index (χ4n) is 1.77. The number of aromatic hydroxyl groups is 1. The van der Waals surface area contributed by atoms with E-state index >= 15 is 0 Å². The van der Waals surface area contributed by atoms with E-state index in [1.807, 2.05) is 0 Å². The molecule has 0 fully saturated rings. The molecule has 24 heavy (non-hydrogen) atoms. The average molecular weight is 342 g/mol. The molecule has 0 radical (unpaired) electrons. The van der Waals surface area contributed by atoms with E-state index in [1.54, 1.807) is 12.1 Å². The second kappa shape index (κ2) is 7.02. The van der Waals surface area contributed by atoms with E-state index in [1.165, 1.54) is 19.4 Å². The monoisotopic (exact) mass is 342 g/mol. The summed E-state index contributed by atoms with van der Waals surface area (Å²) in [5, 5.41) is 16.7. The highest BCUT2D eigenvalue weighted by Gasteiger charge is 2.33. The molecule has 0 spiro atoms. The van der Waals surface area contributed by atoms with Gasteiger partial charge < -0.3 is 9.84 Å². The first-order valence-electron chi connectivity index (χ1n) is 6.60. The highest BCUT2D eigenvalue weighted by atomic mass is 19.4. The number of ether oxygens (including phenoxy) is 1. The maximum absolute atomic E-state index is 12.4. The molecule has 0 unspecified atom stereocenters. The van der Waals surface area contributed by atoms with Crippen LogP contribution in [0, 0.1) is 0 Å². The Morgan fingerprint density at radius 1 is 1.46 bits per heavy atom. The Kier molecular flexibility index (Phi) is 5.07. The zero-order valence-electron chi connectivity index (χ0n) is 12.4. The van der Waals surface area contributed by atoms with E-state index < -0.39 is 24.3 Å². The molecule has 0 saturated carbocycles. The normalized spacial score (nSPS) is 11.7. The number of hydrogen-bond donors (Lipinski definition) is 2. The number of rotatable bonds is 5. The minimum atomic E-state index is -4.57. The van der Waals surface area contributed by atoms with Crippen molar-refractivity contribution in [2.75, 3.05) is 7.11 Å². The Labute approximate surface area is 134 Å². The molecule has 0 atom stereocenters. The number of para-hydroxylation sites is 1. The van der Waals surface area contributed by atoms with Crippen molar-refractivity contribution >= 4 is 12.1 Å². The number of hydrazone groups is 1. The number of aromatic nitrogens is 2. The third-order valence-electron chi connectivity index (χ3n) is 2.88. The van der Waals surface area contributed by atoms with Crippen molar-refractivity contribution in [2.45, 2.75) is 12.7 Å². The molecule has 0 aliphatic rings. The Morgan fingerprint density at radius 3 is 2.83 bits per heavy atom. The SMILES string of the molecule is COc1cccc(C=NNC(=O)Cn2ccc(C(F)(F)F)n2)c1O. The Morgan fingerprint density at radius 2 is 2.21 bits per heavy atom. The Bertz CT molecular complexity index is 756. The molecule has 0 aliphatic heterocycles. The minimum Gasteiger partial charge on any atom is -0.504 e. The predicted molar refractivity (Wildman–Crippen MR) is 77.6 cm³/mol. The maximum atomic E-state index is 12.4. The molecule has 0 saturated heterocycles. The lowest BCUT2D eigenvalue weighted by atomic mass is 10.2. The number of carbonyl (C=O) groups excluding carboxylic acids is 1. The van der Waals surface area contributed by atoms with Crippen molar-refractivity contribution in [1.82, 2.24) is 15.2 Å². The number of benzene rings is 1. The Balaban J connectivity index is 1.95. The molecule has 0 bridgehead atoms. The predicted octanol–water partition coefficient (Wildman–Crippen LogP) is 1.77. The lowest BCUT2D eigenvalue weighted by Gasteiger charge is -2.05. The Hall–Kier alpha value is -3.04. The lowest BCUT2D eigenvalue weighted by molar-refractivity contribution is -0.141. The number of halogens is 3. The number of alkyl halides is 3. The summed E-state index contributed by atoms with van der Waals surface area (Å²) in [6.45, 7) is -0.433. The van der Waals surface area contributed by atoms with Gasteiger partial charge in [-0.2, -0.15) is 23.4 Å². The molecule has 7 nitrogen and oxygen atoms in total. The number of phenols is 1. The molecule has 128 valence electrons. The van der Waals surface area contributed by atoms with Gasteiger partial charge >= 0.3 is 6.18 Å². The van der Waals surface area contributed by atoms with E-state index in [0.29, 0.717) is 5.56 Å². The van der Waals surface area contributed by atoms with Crippen molar-refractivity contribution in [3.8, 4) is 11.5 Å². The van der Waals surface area contributed by atoms with E-state index in [2.05, 4.69) is 15.6 Å². The van der Waals surface area contributed by atoms with Crippen molar-refractivity contribution in [1.29, 1.82) is 0 Å². The van der Waals surface area contributed by atoms with E-state index in [4.69, 9.17) is 4.74 Å². The molecule has 2 N–H and O–H groups in total. The lowest BCUT2D eigenvalue weighted by Crippen LogP contribution is -2.23. The van der Waals surface area contributed by atoms with Crippen LogP contribution in [0.4, 0.5) is 13.2 Å². The summed E-state index contributed by atoms with van der Waals surface area (Å²) in [5.74, 6) is -0.591. The minimum absolute atomic E-state index is 0.153. The van der Waals surface area contributed by atoms with Crippen LogP contribution in [0.5, 0.6) is 11.5 Å². The van der Waals surface area contributed by atoms with E-state index in [9.17, 15) is 23.1 Å². The van der Waals surface area contributed by atoms with Gasteiger partial charge in [0.1, 0.15) is 6.54 Å². The van der Waals surface area contributed by atoms with Crippen LogP contribution in [0.25, 0.3) is 0 Å². The maximum Gasteiger partial charge on any atom is 0.435 e. The van der Waals surface area contributed by atoms with Gasteiger partial charge in [-0.05, 0) is 18.2 Å². The van der Waals surface area contributed by atoms with Crippen LogP contribution >= 0.6 is 0 Å². The summed E-state index contributed by atoms with van der Waals surface area (Å²) in [4.78, 5) is 11.6. The highest BCUT2D eigenvalue weighted by Crippen LogP contribution is 2.28. The van der Waals surface area contributed by atoms with Gasteiger partial charge in [-0.1, -0.05) is 6.07 Å². The number of amides is 1. The van der Waals surface area contributed by atoms with Gasteiger partial charge in [0, 0.05) is 11.8 Å². The zero-order valence-corrected chi connectivity index (χ0v) is 12.4. The molecule has 2 rings (SSSR count). The van der Waals surface area contributed by atoms with Gasteiger partial charge in [0.15, 0.2) is 17.2 Å². The van der Waals surface area contributed by atoms with Gasteiger partial charge in [-0.3, -0.25) is 9.48 Å². The quantitative estimate of drug-likeness (QED) is 0.640. The van der Waals surface area contributed by atoms with Gasteiger partial charge in [0.25, 0.3) is 5.91 Å².